The summed E-state index contributed by atoms with van der Waals surface area (Å²) in [6.07, 6.45) is 6.87. The Bertz CT molecular complexity index is 344. The lowest BCUT2D eigenvalue weighted by atomic mass is 10.2. The number of hydrogen-bond acceptors (Lipinski definition) is 3. The Morgan fingerprint density at radius 2 is 2.15 bits per heavy atom. The third-order valence-electron chi connectivity index (χ3n) is 3.85. The molecule has 1 aromatic rings. The summed E-state index contributed by atoms with van der Waals surface area (Å²) in [6.45, 7) is 9.34. The van der Waals surface area contributed by atoms with Gasteiger partial charge in [-0.1, -0.05) is 26.3 Å². The summed E-state index contributed by atoms with van der Waals surface area (Å²) >= 11 is 1.90. The van der Waals surface area contributed by atoms with Gasteiger partial charge in [-0.25, -0.2) is 0 Å². The molecule has 2 nitrogen and oxygen atoms in total. The van der Waals surface area contributed by atoms with Crippen molar-refractivity contribution >= 4 is 11.3 Å². The van der Waals surface area contributed by atoms with Gasteiger partial charge in [-0.3, -0.25) is 4.90 Å². The quantitative estimate of drug-likeness (QED) is 0.617. The molecule has 1 aromatic heterocycles. The van der Waals surface area contributed by atoms with E-state index in [2.05, 4.69) is 41.6 Å². The molecule has 0 bridgehead atoms. The van der Waals surface area contributed by atoms with Crippen LogP contribution in [0.1, 0.15) is 50.8 Å². The number of nitrogens with zero attached hydrogens (tertiary/aromatic N) is 1. The van der Waals surface area contributed by atoms with Gasteiger partial charge >= 0.3 is 0 Å². The van der Waals surface area contributed by atoms with Crippen LogP contribution >= 0.6 is 11.3 Å². The summed E-state index contributed by atoms with van der Waals surface area (Å²) in [5.74, 6) is 0.770. The Morgan fingerprint density at radius 3 is 2.80 bits per heavy atom. The maximum atomic E-state index is 3.53. The minimum Gasteiger partial charge on any atom is -0.316 e. The van der Waals surface area contributed by atoms with Crippen LogP contribution in [0, 0.1) is 5.92 Å². The van der Waals surface area contributed by atoms with Gasteiger partial charge in [0.2, 0.25) is 0 Å². The molecule has 20 heavy (non-hydrogen) atoms. The molecule has 0 unspecified atom stereocenters. The summed E-state index contributed by atoms with van der Waals surface area (Å²) in [4.78, 5) is 4.23. The molecule has 1 saturated carbocycles. The average molecular weight is 295 g/mol. The van der Waals surface area contributed by atoms with Gasteiger partial charge in [0, 0.05) is 17.5 Å². The van der Waals surface area contributed by atoms with Gasteiger partial charge in [-0.15, -0.1) is 11.3 Å². The van der Waals surface area contributed by atoms with E-state index in [1.807, 2.05) is 11.3 Å². The third-order valence-corrected chi connectivity index (χ3v) is 4.71. The Morgan fingerprint density at radius 1 is 1.30 bits per heavy atom. The summed E-state index contributed by atoms with van der Waals surface area (Å²) in [7, 11) is 0. The van der Waals surface area contributed by atoms with E-state index in [1.165, 1.54) is 56.6 Å². The molecule has 0 saturated heterocycles. The first-order valence-corrected chi connectivity index (χ1v) is 9.11. The Kier molecular flexibility index (Phi) is 7.05. The minimum absolute atomic E-state index is 0.770. The Balaban J connectivity index is 1.54. The van der Waals surface area contributed by atoms with Gasteiger partial charge < -0.3 is 5.32 Å². The van der Waals surface area contributed by atoms with Crippen LogP contribution in [0.2, 0.25) is 0 Å². The van der Waals surface area contributed by atoms with Crippen molar-refractivity contribution in [2.75, 3.05) is 19.6 Å². The fraction of sp³-hybridized carbons (Fsp3) is 0.765. The number of thiophene rings is 1. The van der Waals surface area contributed by atoms with Crippen molar-refractivity contribution in [3.63, 3.8) is 0 Å². The van der Waals surface area contributed by atoms with Crippen LogP contribution in [-0.4, -0.2) is 30.6 Å². The molecule has 0 aliphatic heterocycles. The first-order chi connectivity index (χ1) is 9.75. The normalized spacial score (nSPS) is 15.4. The van der Waals surface area contributed by atoms with Crippen LogP contribution in [0.3, 0.4) is 0 Å². The molecule has 1 heterocycles. The molecular formula is C17H30N2S. The fourth-order valence-corrected chi connectivity index (χ4v) is 3.29. The van der Waals surface area contributed by atoms with Crippen molar-refractivity contribution in [1.82, 2.24) is 10.2 Å². The van der Waals surface area contributed by atoms with Crippen LogP contribution in [0.15, 0.2) is 17.5 Å². The van der Waals surface area contributed by atoms with E-state index in [4.69, 9.17) is 0 Å². The zero-order valence-corrected chi connectivity index (χ0v) is 13.9. The van der Waals surface area contributed by atoms with Crippen molar-refractivity contribution < 1.29 is 0 Å². The van der Waals surface area contributed by atoms with Crippen LogP contribution < -0.4 is 5.32 Å². The lowest BCUT2D eigenvalue weighted by Crippen LogP contribution is -2.26. The molecule has 3 heteroatoms. The first-order valence-electron chi connectivity index (χ1n) is 8.23. The van der Waals surface area contributed by atoms with Crippen molar-refractivity contribution in [2.24, 2.45) is 5.92 Å². The first kappa shape index (κ1) is 16.0. The highest BCUT2D eigenvalue weighted by Gasteiger charge is 2.28. The maximum Gasteiger partial charge on any atom is 0.0330 e. The van der Waals surface area contributed by atoms with Crippen molar-refractivity contribution in [1.29, 1.82) is 0 Å². The number of nitrogens with one attached hydrogen (secondary N) is 1. The van der Waals surface area contributed by atoms with Gasteiger partial charge in [-0.05, 0) is 62.7 Å². The van der Waals surface area contributed by atoms with E-state index in [0.717, 1.165) is 18.5 Å². The van der Waals surface area contributed by atoms with E-state index >= 15 is 0 Å². The van der Waals surface area contributed by atoms with Crippen molar-refractivity contribution in [3.8, 4) is 0 Å². The molecule has 114 valence electrons. The monoisotopic (exact) mass is 294 g/mol. The van der Waals surface area contributed by atoms with E-state index < -0.39 is 0 Å². The topological polar surface area (TPSA) is 15.3 Å². The molecule has 0 atom stereocenters. The Hall–Kier alpha value is -0.380. The van der Waals surface area contributed by atoms with Crippen LogP contribution in [0.5, 0.6) is 0 Å². The Labute approximate surface area is 128 Å². The summed E-state index contributed by atoms with van der Waals surface area (Å²) in [5.41, 5.74) is 0. The van der Waals surface area contributed by atoms with E-state index in [9.17, 15) is 0 Å². The number of unbranched alkanes of at least 4 members (excludes halogenated alkanes) is 2. The van der Waals surface area contributed by atoms with Gasteiger partial charge in [0.15, 0.2) is 0 Å². The van der Waals surface area contributed by atoms with Crippen LogP contribution in [-0.2, 0) is 6.54 Å². The highest BCUT2D eigenvalue weighted by Crippen LogP contribution is 2.29. The lowest BCUT2D eigenvalue weighted by molar-refractivity contribution is 0.250. The van der Waals surface area contributed by atoms with E-state index in [1.54, 1.807) is 0 Å². The van der Waals surface area contributed by atoms with Gasteiger partial charge in [0.25, 0.3) is 0 Å². The SMILES string of the molecule is CC(C)CNCCCCCN(Cc1cccs1)C1CC1. The molecular weight excluding hydrogens is 264 g/mol. The second kappa shape index (κ2) is 8.81. The van der Waals surface area contributed by atoms with Crippen LogP contribution in [0.25, 0.3) is 0 Å². The predicted molar refractivity (Wildman–Crippen MR) is 89.3 cm³/mol. The fourth-order valence-electron chi connectivity index (χ4n) is 2.57. The standard InChI is InChI=1S/C17H30N2S/c1-15(2)13-18-10-4-3-5-11-19(16-8-9-16)14-17-7-6-12-20-17/h6-7,12,15-16,18H,3-5,8-11,13-14H2,1-2H3. The zero-order chi connectivity index (χ0) is 14.2. The number of hydrogen-bond donors (Lipinski definition) is 1. The van der Waals surface area contributed by atoms with E-state index in [0.29, 0.717) is 0 Å². The van der Waals surface area contributed by atoms with Crippen molar-refractivity contribution in [3.05, 3.63) is 22.4 Å². The van der Waals surface area contributed by atoms with E-state index in [-0.39, 0.29) is 0 Å². The average Bonchev–Trinajstić information content (AvgIpc) is 3.14. The molecule has 0 spiro atoms. The molecule has 0 amide bonds. The van der Waals surface area contributed by atoms with Gasteiger partial charge in [0.05, 0.1) is 0 Å². The van der Waals surface area contributed by atoms with Crippen molar-refractivity contribution in [2.45, 2.75) is 58.5 Å². The second-order valence-corrected chi connectivity index (χ2v) is 7.47. The van der Waals surface area contributed by atoms with Crippen LogP contribution in [0.4, 0.5) is 0 Å². The number of rotatable bonds is 11. The molecule has 1 aliphatic carbocycles. The van der Waals surface area contributed by atoms with Gasteiger partial charge in [-0.2, -0.15) is 0 Å². The zero-order valence-electron chi connectivity index (χ0n) is 13.1. The molecule has 2 rings (SSSR count). The summed E-state index contributed by atoms with van der Waals surface area (Å²) in [5, 5.41) is 5.73. The predicted octanol–water partition coefficient (Wildman–Crippen LogP) is 4.13. The highest BCUT2D eigenvalue weighted by atomic mass is 32.1. The van der Waals surface area contributed by atoms with Gasteiger partial charge in [0.1, 0.15) is 0 Å². The summed E-state index contributed by atoms with van der Waals surface area (Å²) in [6, 6.07) is 5.33. The third kappa shape index (κ3) is 6.38. The largest absolute Gasteiger partial charge is 0.316 e. The molecule has 1 N–H and O–H groups in total. The second-order valence-electron chi connectivity index (χ2n) is 6.44. The molecule has 0 radical (unpaired) electrons. The smallest absolute Gasteiger partial charge is 0.0330 e. The lowest BCUT2D eigenvalue weighted by Gasteiger charge is -2.21. The maximum absolute atomic E-state index is 3.53. The molecule has 1 aliphatic rings. The summed E-state index contributed by atoms with van der Waals surface area (Å²) < 4.78 is 0. The molecule has 0 aromatic carbocycles. The molecule has 1 fully saturated rings. The minimum atomic E-state index is 0.770. The highest BCUT2D eigenvalue weighted by molar-refractivity contribution is 7.09.